The molecule has 3 aromatic carbocycles. The van der Waals surface area contributed by atoms with E-state index in [9.17, 15) is 13.6 Å². The van der Waals surface area contributed by atoms with Gasteiger partial charge in [0.2, 0.25) is 0 Å². The molecule has 0 spiro atoms. The molecule has 1 aromatic heterocycles. The zero-order chi connectivity index (χ0) is 29.9. The van der Waals surface area contributed by atoms with Gasteiger partial charge in [-0.25, -0.2) is 8.78 Å². The molecule has 1 unspecified atom stereocenters. The maximum absolute atomic E-state index is 13.7. The summed E-state index contributed by atoms with van der Waals surface area (Å²) in [5, 5.41) is 11.0. The van der Waals surface area contributed by atoms with Crippen LogP contribution in [0.5, 0.6) is 5.75 Å². The minimum atomic E-state index is -0.659. The summed E-state index contributed by atoms with van der Waals surface area (Å²) < 4.78 is 39.1. The molecular formula is C33H37F2N5O3. The number of rotatable bonds is 8. The van der Waals surface area contributed by atoms with Gasteiger partial charge in [0.15, 0.2) is 5.82 Å². The van der Waals surface area contributed by atoms with E-state index in [1.807, 2.05) is 12.1 Å². The fourth-order valence-corrected chi connectivity index (χ4v) is 5.91. The van der Waals surface area contributed by atoms with Crippen molar-refractivity contribution in [2.45, 2.75) is 32.3 Å². The van der Waals surface area contributed by atoms with Crippen LogP contribution < -0.4 is 15.0 Å². The smallest absolute Gasteiger partial charge is 0.257 e. The highest BCUT2D eigenvalue weighted by Gasteiger charge is 2.23. The van der Waals surface area contributed by atoms with Crippen molar-refractivity contribution in [2.75, 3.05) is 56.7 Å². The minimum absolute atomic E-state index is 0.227. The van der Waals surface area contributed by atoms with Gasteiger partial charge in [-0.15, -0.1) is 0 Å². The lowest BCUT2D eigenvalue weighted by Gasteiger charge is -2.34. The molecule has 0 radical (unpaired) electrons. The molecule has 43 heavy (non-hydrogen) atoms. The molecule has 2 N–H and O–H groups in total. The average molecular weight is 590 g/mol. The fourth-order valence-electron chi connectivity index (χ4n) is 5.91. The van der Waals surface area contributed by atoms with E-state index in [0.717, 1.165) is 81.5 Å². The van der Waals surface area contributed by atoms with E-state index in [4.69, 9.17) is 9.47 Å². The highest BCUT2D eigenvalue weighted by Crippen LogP contribution is 2.31. The topological polar surface area (TPSA) is 82.7 Å². The molecule has 2 fully saturated rings. The van der Waals surface area contributed by atoms with Crippen molar-refractivity contribution in [1.82, 2.24) is 15.1 Å². The van der Waals surface area contributed by atoms with Crippen molar-refractivity contribution < 1.29 is 23.0 Å². The zero-order valence-corrected chi connectivity index (χ0v) is 24.5. The van der Waals surface area contributed by atoms with Crippen LogP contribution in [0.4, 0.5) is 20.3 Å². The second-order valence-corrected chi connectivity index (χ2v) is 11.6. The molecule has 10 heteroatoms. The molecule has 1 amide bonds. The summed E-state index contributed by atoms with van der Waals surface area (Å²) in [6, 6.07) is 14.8. The van der Waals surface area contributed by atoms with Gasteiger partial charge in [-0.1, -0.05) is 0 Å². The predicted molar refractivity (Wildman–Crippen MR) is 163 cm³/mol. The van der Waals surface area contributed by atoms with Gasteiger partial charge in [0.1, 0.15) is 23.5 Å². The quantitative estimate of drug-likeness (QED) is 0.264. The Morgan fingerprint density at radius 2 is 1.79 bits per heavy atom. The van der Waals surface area contributed by atoms with Crippen LogP contribution in [0.3, 0.4) is 0 Å². The Morgan fingerprint density at radius 3 is 2.53 bits per heavy atom. The van der Waals surface area contributed by atoms with E-state index in [1.165, 1.54) is 12.1 Å². The van der Waals surface area contributed by atoms with Gasteiger partial charge in [-0.05, 0) is 98.8 Å². The molecule has 2 aliphatic heterocycles. The summed E-state index contributed by atoms with van der Waals surface area (Å²) in [6.45, 7) is 7.15. The third-order valence-electron chi connectivity index (χ3n) is 8.48. The Morgan fingerprint density at radius 1 is 1.05 bits per heavy atom. The summed E-state index contributed by atoms with van der Waals surface area (Å²) >= 11 is 0. The highest BCUT2D eigenvalue weighted by atomic mass is 19.1. The third-order valence-corrected chi connectivity index (χ3v) is 8.48. The summed E-state index contributed by atoms with van der Waals surface area (Å²) in [6.07, 6.45) is 2.17. The van der Waals surface area contributed by atoms with E-state index < -0.39 is 17.7 Å². The monoisotopic (exact) mass is 589 g/mol. The molecule has 2 aliphatic rings. The minimum Gasteiger partial charge on any atom is -0.486 e. The maximum atomic E-state index is 13.7. The average Bonchev–Trinajstić information content (AvgIpc) is 3.39. The summed E-state index contributed by atoms with van der Waals surface area (Å²) in [4.78, 5) is 18.5. The number of hydrogen-bond donors (Lipinski definition) is 2. The van der Waals surface area contributed by atoms with Crippen LogP contribution in [0.1, 0.15) is 47.4 Å². The van der Waals surface area contributed by atoms with Crippen LogP contribution in [0.15, 0.2) is 54.6 Å². The van der Waals surface area contributed by atoms with E-state index in [2.05, 4.69) is 38.4 Å². The molecule has 4 aromatic rings. The van der Waals surface area contributed by atoms with Crippen molar-refractivity contribution in [1.29, 1.82) is 0 Å². The first-order valence-electron chi connectivity index (χ1n) is 14.9. The maximum Gasteiger partial charge on any atom is 0.257 e. The zero-order valence-electron chi connectivity index (χ0n) is 24.5. The summed E-state index contributed by atoms with van der Waals surface area (Å²) in [5.41, 5.74) is 3.91. The van der Waals surface area contributed by atoms with E-state index >= 15 is 0 Å². The molecule has 226 valence electrons. The first-order valence-corrected chi connectivity index (χ1v) is 14.9. The third kappa shape index (κ3) is 6.81. The molecule has 0 aliphatic carbocycles. The second kappa shape index (κ2) is 12.7. The van der Waals surface area contributed by atoms with Gasteiger partial charge >= 0.3 is 0 Å². The number of likely N-dealkylation sites (N-methyl/N-ethyl adjacent to an activating group) is 1. The Balaban J connectivity index is 1.23. The van der Waals surface area contributed by atoms with Gasteiger partial charge in [0, 0.05) is 62.1 Å². The number of ether oxygens (including phenoxy) is 2. The first kappa shape index (κ1) is 29.1. The van der Waals surface area contributed by atoms with Crippen LogP contribution in [0.25, 0.3) is 10.9 Å². The van der Waals surface area contributed by atoms with Crippen LogP contribution in [-0.2, 0) is 11.2 Å². The molecule has 2 saturated heterocycles. The molecule has 3 heterocycles. The SMILES string of the molecule is CC(Oc1ccc2[nH]nc(NC(=O)c3ccc(N4CCN(C)CC4)cc3CC3CCOCC3)c2c1)c1cc(F)cc(F)c1. The van der Waals surface area contributed by atoms with E-state index in [0.29, 0.717) is 34.0 Å². The molecule has 1 atom stereocenters. The van der Waals surface area contributed by atoms with E-state index in [-0.39, 0.29) is 5.91 Å². The van der Waals surface area contributed by atoms with E-state index in [1.54, 1.807) is 25.1 Å². The fraction of sp³-hybridized carbons (Fsp3) is 0.394. The number of piperazine rings is 1. The Bertz CT molecular complexity index is 1570. The summed E-state index contributed by atoms with van der Waals surface area (Å²) in [5.74, 6) is -0.215. The second-order valence-electron chi connectivity index (χ2n) is 11.6. The number of benzene rings is 3. The lowest BCUT2D eigenvalue weighted by Crippen LogP contribution is -2.44. The number of fused-ring (bicyclic) bond motifs is 1. The van der Waals surface area contributed by atoms with Gasteiger partial charge in [-0.2, -0.15) is 5.10 Å². The lowest BCUT2D eigenvalue weighted by molar-refractivity contribution is 0.0664. The number of nitrogens with one attached hydrogen (secondary N) is 2. The molecule has 6 rings (SSSR count). The normalized spacial score (nSPS) is 17.3. The van der Waals surface area contributed by atoms with Crippen LogP contribution in [0.2, 0.25) is 0 Å². The number of halogens is 2. The number of carbonyl (C=O) groups is 1. The van der Waals surface area contributed by atoms with Crippen molar-refractivity contribution in [3.05, 3.63) is 82.9 Å². The Labute approximate surface area is 250 Å². The highest BCUT2D eigenvalue weighted by molar-refractivity contribution is 6.09. The molecule has 8 nitrogen and oxygen atoms in total. The largest absolute Gasteiger partial charge is 0.486 e. The number of aromatic amines is 1. The predicted octanol–water partition coefficient (Wildman–Crippen LogP) is 5.95. The molecular weight excluding hydrogens is 552 g/mol. The number of amides is 1. The van der Waals surface area contributed by atoms with Crippen LogP contribution in [-0.4, -0.2) is 67.4 Å². The number of anilines is 2. The summed E-state index contributed by atoms with van der Waals surface area (Å²) in [7, 11) is 2.14. The molecule has 0 bridgehead atoms. The standard InChI is InChI=1S/C33H37F2N5O3/c1-21(23-16-25(34)19-26(35)17-23)43-28-4-6-31-30(20-28)32(38-37-31)36-33(41)29-5-3-27(40-11-9-39(2)10-12-40)18-24(29)15-22-7-13-42-14-8-22/h3-6,16-22H,7-15H2,1-2H3,(H2,36,37,38,41). The first-order chi connectivity index (χ1) is 20.8. The van der Waals surface area contributed by atoms with Gasteiger partial charge in [-0.3, -0.25) is 9.89 Å². The van der Waals surface area contributed by atoms with Crippen molar-refractivity contribution in [3.63, 3.8) is 0 Å². The number of hydrogen-bond acceptors (Lipinski definition) is 6. The van der Waals surface area contributed by atoms with Gasteiger partial charge in [0.05, 0.1) is 5.52 Å². The van der Waals surface area contributed by atoms with Crippen LogP contribution in [0, 0.1) is 17.6 Å². The van der Waals surface area contributed by atoms with Crippen molar-refractivity contribution in [2.24, 2.45) is 5.92 Å². The molecule has 0 saturated carbocycles. The number of H-pyrrole nitrogens is 1. The number of nitrogens with zero attached hydrogens (tertiary/aromatic N) is 3. The number of carbonyl (C=O) groups excluding carboxylic acids is 1. The van der Waals surface area contributed by atoms with Crippen LogP contribution >= 0.6 is 0 Å². The number of aromatic nitrogens is 2. The van der Waals surface area contributed by atoms with Crippen molar-refractivity contribution in [3.8, 4) is 5.75 Å². The van der Waals surface area contributed by atoms with Gasteiger partial charge in [0.25, 0.3) is 5.91 Å². The lowest BCUT2D eigenvalue weighted by atomic mass is 9.89. The Kier molecular flexibility index (Phi) is 8.58. The van der Waals surface area contributed by atoms with Gasteiger partial charge < -0.3 is 24.6 Å². The Hall–Kier alpha value is -4.02. The van der Waals surface area contributed by atoms with Crippen molar-refractivity contribution >= 4 is 28.3 Å².